The van der Waals surface area contributed by atoms with E-state index in [1.807, 2.05) is 0 Å². The molecule has 0 aromatic heterocycles. The van der Waals surface area contributed by atoms with Gasteiger partial charge in [0.15, 0.2) is 0 Å². The van der Waals surface area contributed by atoms with Gasteiger partial charge in [0, 0.05) is 13.0 Å². The van der Waals surface area contributed by atoms with E-state index in [2.05, 4.69) is 13.8 Å². The summed E-state index contributed by atoms with van der Waals surface area (Å²) in [7, 11) is 0. The van der Waals surface area contributed by atoms with Gasteiger partial charge in [-0.15, -0.1) is 0 Å². The van der Waals surface area contributed by atoms with E-state index >= 15 is 0 Å². The molecule has 0 aromatic carbocycles. The van der Waals surface area contributed by atoms with Crippen LogP contribution in [0, 0.1) is 0 Å². The molecule has 0 unspecified atom stereocenters. The van der Waals surface area contributed by atoms with Crippen molar-refractivity contribution in [3.8, 4) is 0 Å². The molecule has 0 spiro atoms. The molecule has 0 heterocycles. The van der Waals surface area contributed by atoms with Crippen LogP contribution in [0.4, 0.5) is 0 Å². The predicted molar refractivity (Wildman–Crippen MR) is 112 cm³/mol. The van der Waals surface area contributed by atoms with E-state index < -0.39 is 0 Å². The van der Waals surface area contributed by atoms with Gasteiger partial charge in [-0.2, -0.15) is 0 Å². The van der Waals surface area contributed by atoms with E-state index in [0.29, 0.717) is 19.6 Å². The first-order valence-electron chi connectivity index (χ1n) is 11.5. The van der Waals surface area contributed by atoms with Crippen LogP contribution in [-0.4, -0.2) is 25.8 Å². The Kier molecular flexibility index (Phi) is 22.0. The lowest BCUT2D eigenvalue weighted by Crippen LogP contribution is -2.10. The summed E-state index contributed by atoms with van der Waals surface area (Å²) >= 11 is 0. The largest absolute Gasteiger partial charge is 0.463 e. The second-order valence-electron chi connectivity index (χ2n) is 7.53. The summed E-state index contributed by atoms with van der Waals surface area (Å²) in [6.07, 6.45) is 21.8. The van der Waals surface area contributed by atoms with E-state index in [0.717, 1.165) is 25.9 Å². The van der Waals surface area contributed by atoms with E-state index in [1.54, 1.807) is 0 Å². The molecule has 0 amide bonds. The molecule has 0 N–H and O–H groups in total. The number of hydrogen-bond acceptors (Lipinski definition) is 3. The average Bonchev–Trinajstić information content (AvgIpc) is 2.64. The molecule has 156 valence electrons. The minimum absolute atomic E-state index is 0.0696. The van der Waals surface area contributed by atoms with Gasteiger partial charge >= 0.3 is 5.97 Å². The zero-order valence-electron chi connectivity index (χ0n) is 17.9. The fraction of sp³-hybridized carbons (Fsp3) is 0.957. The quantitative estimate of drug-likeness (QED) is 0.158. The van der Waals surface area contributed by atoms with Crippen LogP contribution in [-0.2, 0) is 14.3 Å². The average molecular weight is 371 g/mol. The van der Waals surface area contributed by atoms with Gasteiger partial charge in [-0.25, -0.2) is 0 Å². The number of hydrogen-bond donors (Lipinski definition) is 0. The standard InChI is InChI=1S/C23H46O3/c1-3-5-6-7-8-9-10-11-12-13-14-15-16-17-18-19-23(24)26-22-21-25-20-4-2/h3-22H2,1-2H3. The first-order chi connectivity index (χ1) is 12.8. The molecule has 0 radical (unpaired) electrons. The van der Waals surface area contributed by atoms with Crippen LogP contribution in [0.1, 0.15) is 123 Å². The molecular formula is C23H46O3. The van der Waals surface area contributed by atoms with Crippen molar-refractivity contribution in [3.05, 3.63) is 0 Å². The maximum Gasteiger partial charge on any atom is 0.305 e. The summed E-state index contributed by atoms with van der Waals surface area (Å²) < 4.78 is 10.4. The van der Waals surface area contributed by atoms with E-state index in [-0.39, 0.29) is 5.97 Å². The molecule has 0 aliphatic carbocycles. The van der Waals surface area contributed by atoms with Crippen molar-refractivity contribution in [3.63, 3.8) is 0 Å². The molecule has 0 bridgehead atoms. The van der Waals surface area contributed by atoms with Gasteiger partial charge in [0.25, 0.3) is 0 Å². The Morgan fingerprint density at radius 3 is 1.46 bits per heavy atom. The Bertz CT molecular complexity index is 279. The molecule has 26 heavy (non-hydrogen) atoms. The molecule has 0 saturated heterocycles. The minimum Gasteiger partial charge on any atom is -0.463 e. The van der Waals surface area contributed by atoms with Crippen molar-refractivity contribution in [1.29, 1.82) is 0 Å². The maximum absolute atomic E-state index is 11.5. The first-order valence-corrected chi connectivity index (χ1v) is 11.5. The lowest BCUT2D eigenvalue weighted by atomic mass is 10.0. The lowest BCUT2D eigenvalue weighted by Gasteiger charge is -2.05. The van der Waals surface area contributed by atoms with Crippen LogP contribution in [0.5, 0.6) is 0 Å². The van der Waals surface area contributed by atoms with Gasteiger partial charge < -0.3 is 9.47 Å². The number of rotatable bonds is 21. The third-order valence-corrected chi connectivity index (χ3v) is 4.82. The topological polar surface area (TPSA) is 35.5 Å². The summed E-state index contributed by atoms with van der Waals surface area (Å²) in [5.41, 5.74) is 0. The van der Waals surface area contributed by atoms with Crippen molar-refractivity contribution in [1.82, 2.24) is 0 Å². The summed E-state index contributed by atoms with van der Waals surface area (Å²) in [5.74, 6) is -0.0696. The van der Waals surface area contributed by atoms with Crippen molar-refractivity contribution >= 4 is 5.97 Å². The Labute approximate surface area is 163 Å². The summed E-state index contributed by atoms with van der Waals surface area (Å²) in [4.78, 5) is 11.5. The second-order valence-corrected chi connectivity index (χ2v) is 7.53. The number of esters is 1. The Balaban J connectivity index is 3.09. The third-order valence-electron chi connectivity index (χ3n) is 4.82. The molecule has 0 rings (SSSR count). The smallest absolute Gasteiger partial charge is 0.305 e. The third kappa shape index (κ3) is 21.5. The molecule has 0 aliphatic rings. The number of carbonyl (C=O) groups is 1. The van der Waals surface area contributed by atoms with Crippen LogP contribution in [0.15, 0.2) is 0 Å². The molecule has 0 aromatic rings. The van der Waals surface area contributed by atoms with Gasteiger partial charge in [-0.3, -0.25) is 4.79 Å². The van der Waals surface area contributed by atoms with Crippen LogP contribution in [0.2, 0.25) is 0 Å². The number of unbranched alkanes of at least 4 members (excludes halogenated alkanes) is 14. The maximum atomic E-state index is 11.5. The van der Waals surface area contributed by atoms with Crippen molar-refractivity contribution in [2.75, 3.05) is 19.8 Å². The first kappa shape index (κ1) is 25.4. The Morgan fingerprint density at radius 1 is 0.538 bits per heavy atom. The Hall–Kier alpha value is -0.570. The number of carbonyl (C=O) groups excluding carboxylic acids is 1. The van der Waals surface area contributed by atoms with E-state index in [4.69, 9.17) is 9.47 Å². The van der Waals surface area contributed by atoms with Crippen LogP contribution >= 0.6 is 0 Å². The van der Waals surface area contributed by atoms with Crippen molar-refractivity contribution in [2.24, 2.45) is 0 Å². The van der Waals surface area contributed by atoms with Gasteiger partial charge in [-0.1, -0.05) is 104 Å². The lowest BCUT2D eigenvalue weighted by molar-refractivity contribution is -0.145. The summed E-state index contributed by atoms with van der Waals surface area (Å²) in [6.45, 7) is 6.02. The minimum atomic E-state index is -0.0696. The van der Waals surface area contributed by atoms with Crippen molar-refractivity contribution in [2.45, 2.75) is 123 Å². The molecule has 0 fully saturated rings. The highest BCUT2D eigenvalue weighted by atomic mass is 16.6. The van der Waals surface area contributed by atoms with Crippen molar-refractivity contribution < 1.29 is 14.3 Å². The van der Waals surface area contributed by atoms with Gasteiger partial charge in [0.1, 0.15) is 6.61 Å². The molecular weight excluding hydrogens is 324 g/mol. The monoisotopic (exact) mass is 370 g/mol. The normalized spacial score (nSPS) is 11.0. The van der Waals surface area contributed by atoms with Gasteiger partial charge in [0.2, 0.25) is 0 Å². The molecule has 3 heteroatoms. The summed E-state index contributed by atoms with van der Waals surface area (Å²) in [6, 6.07) is 0. The molecule has 0 aliphatic heterocycles. The fourth-order valence-electron chi connectivity index (χ4n) is 3.17. The van der Waals surface area contributed by atoms with Gasteiger partial charge in [-0.05, 0) is 12.8 Å². The van der Waals surface area contributed by atoms with Crippen LogP contribution in [0.25, 0.3) is 0 Å². The fourth-order valence-corrected chi connectivity index (χ4v) is 3.17. The zero-order valence-corrected chi connectivity index (χ0v) is 17.9. The van der Waals surface area contributed by atoms with E-state index in [1.165, 1.54) is 83.5 Å². The van der Waals surface area contributed by atoms with Crippen LogP contribution in [0.3, 0.4) is 0 Å². The highest BCUT2D eigenvalue weighted by molar-refractivity contribution is 5.69. The zero-order chi connectivity index (χ0) is 19.1. The molecule has 3 nitrogen and oxygen atoms in total. The SMILES string of the molecule is CCCCCCCCCCCCCCCCCC(=O)OCCOCCC. The molecule has 0 saturated carbocycles. The molecule has 0 atom stereocenters. The second kappa shape index (κ2) is 22.5. The summed E-state index contributed by atoms with van der Waals surface area (Å²) in [5, 5.41) is 0. The number of ether oxygens (including phenoxy) is 2. The van der Waals surface area contributed by atoms with E-state index in [9.17, 15) is 4.79 Å². The van der Waals surface area contributed by atoms with Gasteiger partial charge in [0.05, 0.1) is 6.61 Å². The Morgan fingerprint density at radius 2 is 1.00 bits per heavy atom. The predicted octanol–water partition coefficient (Wildman–Crippen LogP) is 7.22. The highest BCUT2D eigenvalue weighted by Crippen LogP contribution is 2.13. The van der Waals surface area contributed by atoms with Crippen LogP contribution < -0.4 is 0 Å². The highest BCUT2D eigenvalue weighted by Gasteiger charge is 2.02.